The minimum Gasteiger partial charge on any atom is -0.480 e. The largest absolute Gasteiger partial charge is 0.480 e. The average molecular weight is 699 g/mol. The fraction of sp³-hybridized carbons (Fsp3) is 0.824. The normalized spacial score (nSPS) is 19.2. The molecule has 0 aromatic carbocycles. The van der Waals surface area contributed by atoms with E-state index in [1.54, 1.807) is 41.5 Å². The summed E-state index contributed by atoms with van der Waals surface area (Å²) < 4.78 is 10.7. The summed E-state index contributed by atoms with van der Waals surface area (Å²) >= 11 is 0. The van der Waals surface area contributed by atoms with Crippen LogP contribution in [-0.4, -0.2) is 116 Å². The Bertz CT molecular complexity index is 1140. The quantitative estimate of drug-likeness (QED) is 0.156. The van der Waals surface area contributed by atoms with Crippen molar-refractivity contribution in [1.29, 1.82) is 0 Å². The van der Waals surface area contributed by atoms with Crippen molar-refractivity contribution in [3.63, 3.8) is 0 Å². The van der Waals surface area contributed by atoms with E-state index >= 15 is 0 Å². The van der Waals surface area contributed by atoms with Crippen LogP contribution in [0.5, 0.6) is 0 Å². The number of carbonyl (C=O) groups is 6. The molecule has 0 aromatic heterocycles. The van der Waals surface area contributed by atoms with Gasteiger partial charge < -0.3 is 40.3 Å². The number of nitrogens with one attached hydrogen (secondary N) is 2. The maximum absolute atomic E-state index is 14.4. The van der Waals surface area contributed by atoms with E-state index in [0.29, 0.717) is 25.7 Å². The third-order valence-corrected chi connectivity index (χ3v) is 8.54. The van der Waals surface area contributed by atoms with E-state index in [1.807, 2.05) is 0 Å². The molecule has 1 saturated carbocycles. The number of carboxylic acids is 2. The van der Waals surface area contributed by atoms with Crippen molar-refractivity contribution in [3.8, 4) is 0 Å². The number of piperidine rings is 1. The van der Waals surface area contributed by atoms with Gasteiger partial charge in [-0.2, -0.15) is 0 Å². The van der Waals surface area contributed by atoms with Gasteiger partial charge in [0.25, 0.3) is 0 Å². The van der Waals surface area contributed by atoms with Crippen LogP contribution < -0.4 is 10.6 Å². The average Bonchev–Trinajstić information content (AvgIpc) is 2.99. The van der Waals surface area contributed by atoms with Gasteiger partial charge in [-0.3, -0.25) is 19.3 Å². The lowest BCUT2D eigenvalue weighted by Crippen LogP contribution is -2.61. The lowest BCUT2D eigenvalue weighted by Gasteiger charge is -2.41. The van der Waals surface area contributed by atoms with Crippen molar-refractivity contribution in [3.05, 3.63) is 0 Å². The minimum absolute atomic E-state index is 0.0680. The van der Waals surface area contributed by atoms with Crippen molar-refractivity contribution >= 4 is 35.9 Å². The second-order valence-corrected chi connectivity index (χ2v) is 15.1. The molecule has 5 N–H and O–H groups in total. The van der Waals surface area contributed by atoms with Crippen molar-refractivity contribution in [1.82, 2.24) is 20.4 Å². The van der Waals surface area contributed by atoms with E-state index in [4.69, 9.17) is 9.47 Å². The molecular weight excluding hydrogens is 640 g/mol. The monoisotopic (exact) mass is 698 g/mol. The summed E-state index contributed by atoms with van der Waals surface area (Å²) in [7, 11) is 0. The molecule has 1 saturated heterocycles. The van der Waals surface area contributed by atoms with Crippen molar-refractivity contribution in [2.24, 2.45) is 5.92 Å². The van der Waals surface area contributed by atoms with E-state index < -0.39 is 77.9 Å². The molecule has 4 amide bonds. The maximum Gasteiger partial charge on any atom is 0.411 e. The van der Waals surface area contributed by atoms with E-state index in [0.717, 1.165) is 37.0 Å². The van der Waals surface area contributed by atoms with Crippen LogP contribution in [0.4, 0.5) is 9.59 Å². The fourth-order valence-electron chi connectivity index (χ4n) is 6.28. The molecule has 280 valence electrons. The number of nitrogens with zero attached hydrogens (tertiary/aromatic N) is 2. The number of aliphatic hydroxyl groups excluding tert-OH is 1. The summed E-state index contributed by atoms with van der Waals surface area (Å²) in [4.78, 5) is 79.5. The highest BCUT2D eigenvalue weighted by atomic mass is 16.6. The first-order valence-corrected chi connectivity index (χ1v) is 17.5. The molecule has 2 aliphatic rings. The minimum atomic E-state index is -1.92. The predicted molar refractivity (Wildman–Crippen MR) is 179 cm³/mol. The molecule has 2 rings (SSSR count). The van der Waals surface area contributed by atoms with E-state index in [1.165, 1.54) is 4.90 Å². The number of aliphatic hydroxyl groups is 1. The second kappa shape index (κ2) is 19.0. The molecule has 15 nitrogen and oxygen atoms in total. The third kappa shape index (κ3) is 14.8. The van der Waals surface area contributed by atoms with Crippen LogP contribution >= 0.6 is 0 Å². The van der Waals surface area contributed by atoms with Gasteiger partial charge in [0.1, 0.15) is 29.8 Å². The zero-order chi connectivity index (χ0) is 36.9. The highest BCUT2D eigenvalue weighted by Gasteiger charge is 2.43. The van der Waals surface area contributed by atoms with E-state index in [2.05, 4.69) is 10.6 Å². The Morgan fingerprint density at radius 2 is 1.47 bits per heavy atom. The lowest BCUT2D eigenvalue weighted by atomic mass is 9.84. The van der Waals surface area contributed by atoms with Crippen LogP contribution in [0.15, 0.2) is 0 Å². The zero-order valence-corrected chi connectivity index (χ0v) is 30.0. The van der Waals surface area contributed by atoms with Gasteiger partial charge in [0.15, 0.2) is 6.10 Å². The smallest absolute Gasteiger partial charge is 0.411 e. The molecule has 0 spiro atoms. The molecule has 2 fully saturated rings. The number of carbonyl (C=O) groups excluding carboxylic acids is 4. The number of hydrogen-bond acceptors (Lipinski definition) is 9. The van der Waals surface area contributed by atoms with Gasteiger partial charge in [0, 0.05) is 13.1 Å². The molecule has 1 unspecified atom stereocenters. The van der Waals surface area contributed by atoms with Crippen LogP contribution in [0.25, 0.3) is 0 Å². The number of carboxylic acid groups (broad SMARTS) is 2. The second-order valence-electron chi connectivity index (χ2n) is 15.1. The topological polar surface area (TPSA) is 212 Å². The molecule has 1 aliphatic carbocycles. The van der Waals surface area contributed by atoms with Gasteiger partial charge in [0.2, 0.25) is 11.8 Å². The molecule has 4 atom stereocenters. The Morgan fingerprint density at radius 1 is 0.857 bits per heavy atom. The van der Waals surface area contributed by atoms with Crippen molar-refractivity contribution in [2.45, 2.75) is 154 Å². The Balaban J connectivity index is 2.26. The number of ether oxygens (including phenoxy) is 2. The molecular formula is C34H58N4O11. The molecule has 1 aliphatic heterocycles. The summed E-state index contributed by atoms with van der Waals surface area (Å²) in [5, 5.41) is 35.0. The number of unbranched alkanes of at least 4 members (excludes halogenated alkanes) is 1. The van der Waals surface area contributed by atoms with E-state index in [9.17, 15) is 44.1 Å². The molecule has 0 radical (unpaired) electrons. The fourth-order valence-corrected chi connectivity index (χ4v) is 6.28. The first-order chi connectivity index (χ1) is 22.8. The number of likely N-dealkylation sites (tertiary alicyclic amines) is 1. The van der Waals surface area contributed by atoms with Gasteiger partial charge in [-0.25, -0.2) is 14.4 Å². The summed E-state index contributed by atoms with van der Waals surface area (Å²) in [6.07, 6.45) is 3.64. The SMILES string of the molecule is CC(C)(C)OC(=O)NCCCC[C@H](NC(=O)[C@@H]1CCCCN1C(=O)[C@@H](CC1CCCCC1)N(CC(=O)O)C(=O)OC(C)(C)C)C(O)C(=O)O. The van der Waals surface area contributed by atoms with Gasteiger partial charge >= 0.3 is 24.1 Å². The number of aliphatic carboxylic acids is 2. The van der Waals surface area contributed by atoms with Crippen molar-refractivity contribution < 1.29 is 53.6 Å². The number of rotatable bonds is 15. The summed E-state index contributed by atoms with van der Waals surface area (Å²) in [5.74, 6) is -3.99. The van der Waals surface area contributed by atoms with Gasteiger partial charge in [-0.1, -0.05) is 32.1 Å². The number of hydrogen-bond donors (Lipinski definition) is 5. The Hall–Kier alpha value is -3.62. The summed E-state index contributed by atoms with van der Waals surface area (Å²) in [6, 6.07) is -3.41. The van der Waals surface area contributed by atoms with Gasteiger partial charge in [-0.05, 0) is 92.4 Å². The van der Waals surface area contributed by atoms with Gasteiger partial charge in [-0.15, -0.1) is 0 Å². The van der Waals surface area contributed by atoms with Crippen LogP contribution in [0.2, 0.25) is 0 Å². The molecule has 49 heavy (non-hydrogen) atoms. The maximum atomic E-state index is 14.4. The highest BCUT2D eigenvalue weighted by Crippen LogP contribution is 2.31. The molecule has 15 heteroatoms. The van der Waals surface area contributed by atoms with Crippen LogP contribution in [0.1, 0.15) is 119 Å². The van der Waals surface area contributed by atoms with Gasteiger partial charge in [0.05, 0.1) is 6.04 Å². The lowest BCUT2D eigenvalue weighted by molar-refractivity contribution is -0.152. The summed E-state index contributed by atoms with van der Waals surface area (Å²) in [6.45, 7) is 9.78. The first kappa shape index (κ1) is 41.6. The Morgan fingerprint density at radius 3 is 2.04 bits per heavy atom. The van der Waals surface area contributed by atoms with E-state index in [-0.39, 0.29) is 38.3 Å². The molecule has 0 aromatic rings. The summed E-state index contributed by atoms with van der Waals surface area (Å²) in [5.41, 5.74) is -1.62. The molecule has 1 heterocycles. The predicted octanol–water partition coefficient (Wildman–Crippen LogP) is 3.65. The number of amides is 4. The first-order valence-electron chi connectivity index (χ1n) is 17.5. The Kier molecular flexibility index (Phi) is 16.1. The zero-order valence-electron chi connectivity index (χ0n) is 30.0. The van der Waals surface area contributed by atoms with Crippen LogP contribution in [0.3, 0.4) is 0 Å². The molecule has 0 bridgehead atoms. The standard InChI is InChI=1S/C34H58N4O11/c1-33(2,3)48-31(46)35-18-12-10-16-23(27(41)30(44)45)36-28(42)24-17-11-13-19-37(24)29(43)25(20-22-14-8-7-9-15-22)38(21-26(39)40)32(47)49-34(4,5)6/h22-25,27,41H,7-21H2,1-6H3,(H,35,46)(H,36,42)(H,39,40)(H,44,45)/t23-,24-,25+,27?/m0/s1. The van der Waals surface area contributed by atoms with Crippen LogP contribution in [0, 0.1) is 5.92 Å². The van der Waals surface area contributed by atoms with Crippen molar-refractivity contribution in [2.75, 3.05) is 19.6 Å². The van der Waals surface area contributed by atoms with Crippen LogP contribution in [-0.2, 0) is 28.7 Å². The third-order valence-electron chi connectivity index (χ3n) is 8.54. The number of alkyl carbamates (subject to hydrolysis) is 1. The Labute approximate surface area is 289 Å². The highest BCUT2D eigenvalue weighted by molar-refractivity contribution is 5.92.